The molecule has 32 heavy (non-hydrogen) atoms. The zero-order chi connectivity index (χ0) is 23.0. The molecule has 0 saturated carbocycles. The second-order valence-electron chi connectivity index (χ2n) is 9.82. The van der Waals surface area contributed by atoms with Crippen LogP contribution in [-0.2, 0) is 14.3 Å². The molecule has 2 heterocycles. The maximum Gasteiger partial charge on any atom is 0.233 e. The van der Waals surface area contributed by atoms with Gasteiger partial charge in [0.1, 0.15) is 5.75 Å². The van der Waals surface area contributed by atoms with Gasteiger partial charge in [-0.1, -0.05) is 56.2 Å². The summed E-state index contributed by atoms with van der Waals surface area (Å²) in [7, 11) is 0. The molecule has 2 fully saturated rings. The quantitative estimate of drug-likeness (QED) is 0.484. The molecule has 0 radical (unpaired) electrons. The molecule has 2 saturated heterocycles. The number of phenols is 1. The molecule has 2 aliphatic heterocycles. The van der Waals surface area contributed by atoms with E-state index in [1.807, 2.05) is 31.2 Å². The van der Waals surface area contributed by atoms with Crippen molar-refractivity contribution in [2.45, 2.75) is 59.5 Å². The minimum absolute atomic E-state index is 0.00537. The molecular formula is C27H35NO4. The molecule has 1 aromatic rings. The Labute approximate surface area is 191 Å². The SMILES string of the molecule is CCCN1C(=O)[C@@H]2[C@@H](CC(C(C)C)=C3[C@@H](CC/C(C)=C/c4ccccc4O)OC[C@@H]32)C1=O. The first-order chi connectivity index (χ1) is 15.3. The van der Waals surface area contributed by atoms with Crippen molar-refractivity contribution in [2.75, 3.05) is 13.2 Å². The number of hydrogen-bond donors (Lipinski definition) is 1. The minimum atomic E-state index is -0.255. The first-order valence-electron chi connectivity index (χ1n) is 12.0. The van der Waals surface area contributed by atoms with Crippen molar-refractivity contribution in [3.63, 3.8) is 0 Å². The molecular weight excluding hydrogens is 402 g/mol. The number of amides is 2. The number of benzene rings is 1. The summed E-state index contributed by atoms with van der Waals surface area (Å²) in [5.74, 6) is 0.194. The fourth-order valence-corrected chi connectivity index (χ4v) is 5.77. The Morgan fingerprint density at radius 1 is 1.22 bits per heavy atom. The number of aromatic hydroxyl groups is 1. The van der Waals surface area contributed by atoms with E-state index >= 15 is 0 Å². The number of imide groups is 1. The zero-order valence-electron chi connectivity index (χ0n) is 19.6. The van der Waals surface area contributed by atoms with E-state index in [1.54, 1.807) is 6.07 Å². The summed E-state index contributed by atoms with van der Waals surface area (Å²) in [5, 5.41) is 10.0. The van der Waals surface area contributed by atoms with Gasteiger partial charge in [0, 0.05) is 18.0 Å². The van der Waals surface area contributed by atoms with Crippen LogP contribution in [0.4, 0.5) is 0 Å². The number of fused-ring (bicyclic) bond motifs is 3. The third kappa shape index (κ3) is 4.03. The summed E-state index contributed by atoms with van der Waals surface area (Å²) in [6.07, 6.45) is 5.19. The van der Waals surface area contributed by atoms with Crippen LogP contribution in [0.1, 0.15) is 58.9 Å². The summed E-state index contributed by atoms with van der Waals surface area (Å²) in [5.41, 5.74) is 4.61. The van der Waals surface area contributed by atoms with Crippen LogP contribution in [0.5, 0.6) is 5.75 Å². The lowest BCUT2D eigenvalue weighted by Crippen LogP contribution is -2.35. The van der Waals surface area contributed by atoms with Gasteiger partial charge in [-0.15, -0.1) is 0 Å². The largest absolute Gasteiger partial charge is 0.507 e. The van der Waals surface area contributed by atoms with Crippen LogP contribution in [0.2, 0.25) is 0 Å². The number of rotatable bonds is 7. The number of carbonyl (C=O) groups is 2. The van der Waals surface area contributed by atoms with Gasteiger partial charge in [-0.25, -0.2) is 0 Å². The molecule has 0 aromatic heterocycles. The second-order valence-corrected chi connectivity index (χ2v) is 9.82. The maximum absolute atomic E-state index is 13.2. The van der Waals surface area contributed by atoms with Crippen LogP contribution in [0.15, 0.2) is 41.0 Å². The van der Waals surface area contributed by atoms with E-state index in [1.165, 1.54) is 21.6 Å². The molecule has 0 bridgehead atoms. The van der Waals surface area contributed by atoms with Crippen molar-refractivity contribution >= 4 is 17.9 Å². The molecule has 0 spiro atoms. The molecule has 5 nitrogen and oxygen atoms in total. The van der Waals surface area contributed by atoms with Crippen molar-refractivity contribution in [2.24, 2.45) is 23.7 Å². The lowest BCUT2D eigenvalue weighted by atomic mass is 9.67. The zero-order valence-corrected chi connectivity index (χ0v) is 19.6. The maximum atomic E-state index is 13.2. The van der Waals surface area contributed by atoms with E-state index in [0.717, 1.165) is 24.8 Å². The van der Waals surface area contributed by atoms with Crippen LogP contribution in [-0.4, -0.2) is 41.1 Å². The van der Waals surface area contributed by atoms with Crippen molar-refractivity contribution < 1.29 is 19.4 Å². The number of carbonyl (C=O) groups excluding carboxylic acids is 2. The van der Waals surface area contributed by atoms with Gasteiger partial charge >= 0.3 is 0 Å². The molecule has 3 aliphatic rings. The molecule has 0 unspecified atom stereocenters. The van der Waals surface area contributed by atoms with E-state index in [2.05, 4.69) is 20.8 Å². The number of ether oxygens (including phenoxy) is 1. The highest BCUT2D eigenvalue weighted by molar-refractivity contribution is 6.05. The predicted octanol–water partition coefficient (Wildman–Crippen LogP) is 4.96. The Balaban J connectivity index is 1.55. The first kappa shape index (κ1) is 22.8. The van der Waals surface area contributed by atoms with Crippen LogP contribution < -0.4 is 0 Å². The van der Waals surface area contributed by atoms with Gasteiger partial charge in [0.15, 0.2) is 0 Å². The van der Waals surface area contributed by atoms with Crippen LogP contribution >= 0.6 is 0 Å². The fraction of sp³-hybridized carbons (Fsp3) is 0.556. The molecule has 1 aromatic carbocycles. The van der Waals surface area contributed by atoms with Gasteiger partial charge in [-0.05, 0) is 50.2 Å². The Bertz CT molecular complexity index is 960. The average molecular weight is 438 g/mol. The summed E-state index contributed by atoms with van der Waals surface area (Å²) in [6.45, 7) is 9.50. The third-order valence-electron chi connectivity index (χ3n) is 7.32. The summed E-state index contributed by atoms with van der Waals surface area (Å²) in [6, 6.07) is 7.35. The van der Waals surface area contributed by atoms with Gasteiger partial charge in [-0.2, -0.15) is 0 Å². The minimum Gasteiger partial charge on any atom is -0.507 e. The van der Waals surface area contributed by atoms with E-state index in [9.17, 15) is 14.7 Å². The topological polar surface area (TPSA) is 66.8 Å². The van der Waals surface area contributed by atoms with E-state index < -0.39 is 0 Å². The molecule has 172 valence electrons. The molecule has 2 amide bonds. The third-order valence-corrected chi connectivity index (χ3v) is 7.32. The lowest BCUT2D eigenvalue weighted by molar-refractivity contribution is -0.140. The summed E-state index contributed by atoms with van der Waals surface area (Å²) in [4.78, 5) is 27.7. The first-order valence-corrected chi connectivity index (χ1v) is 12.0. The fourth-order valence-electron chi connectivity index (χ4n) is 5.77. The molecule has 4 rings (SSSR count). The Morgan fingerprint density at radius 3 is 2.66 bits per heavy atom. The van der Waals surface area contributed by atoms with Gasteiger partial charge in [-0.3, -0.25) is 14.5 Å². The Kier molecular flexibility index (Phi) is 6.57. The van der Waals surface area contributed by atoms with Crippen LogP contribution in [0.3, 0.4) is 0 Å². The number of nitrogens with zero attached hydrogens (tertiary/aromatic N) is 1. The van der Waals surface area contributed by atoms with E-state index in [0.29, 0.717) is 25.5 Å². The van der Waals surface area contributed by atoms with Crippen molar-refractivity contribution in [1.29, 1.82) is 0 Å². The Morgan fingerprint density at radius 2 is 1.97 bits per heavy atom. The van der Waals surface area contributed by atoms with Crippen molar-refractivity contribution in [1.82, 2.24) is 4.90 Å². The van der Waals surface area contributed by atoms with E-state index in [-0.39, 0.29) is 41.4 Å². The smallest absolute Gasteiger partial charge is 0.233 e. The Hall–Kier alpha value is -2.40. The van der Waals surface area contributed by atoms with Gasteiger partial charge in [0.2, 0.25) is 11.8 Å². The molecule has 4 atom stereocenters. The van der Waals surface area contributed by atoms with Crippen molar-refractivity contribution in [3.8, 4) is 5.75 Å². The highest BCUT2D eigenvalue weighted by Crippen LogP contribution is 2.51. The number of para-hydroxylation sites is 1. The number of phenolic OH excluding ortho intramolecular Hbond substituents is 1. The van der Waals surface area contributed by atoms with Gasteiger partial charge < -0.3 is 9.84 Å². The summed E-state index contributed by atoms with van der Waals surface area (Å²) < 4.78 is 6.28. The van der Waals surface area contributed by atoms with Crippen molar-refractivity contribution in [3.05, 3.63) is 46.5 Å². The van der Waals surface area contributed by atoms with Crippen LogP contribution in [0, 0.1) is 23.7 Å². The van der Waals surface area contributed by atoms with Gasteiger partial charge in [0.05, 0.1) is 24.5 Å². The highest BCUT2D eigenvalue weighted by atomic mass is 16.5. The number of likely N-dealkylation sites (tertiary alicyclic amines) is 1. The van der Waals surface area contributed by atoms with Gasteiger partial charge in [0.25, 0.3) is 0 Å². The highest BCUT2D eigenvalue weighted by Gasteiger charge is 2.56. The van der Waals surface area contributed by atoms with Crippen LogP contribution in [0.25, 0.3) is 6.08 Å². The predicted molar refractivity (Wildman–Crippen MR) is 125 cm³/mol. The normalized spacial score (nSPS) is 28.0. The standard InChI is InChI=1S/C27H35NO4/c1-5-12-28-26(30)20-14-19(16(2)3)24-21(25(20)27(28)31)15-32-23(24)11-10-17(4)13-18-8-6-7-9-22(18)29/h6-9,13,16,20-21,23,25,29H,5,10-12,14-15H2,1-4H3/b17-13+/t20-,21+,23-,25-/m1/s1. The lowest BCUT2D eigenvalue weighted by Gasteiger charge is -2.33. The summed E-state index contributed by atoms with van der Waals surface area (Å²) >= 11 is 0. The average Bonchev–Trinajstić information content (AvgIpc) is 3.28. The number of allylic oxidation sites excluding steroid dienone is 2. The number of hydrogen-bond acceptors (Lipinski definition) is 4. The molecule has 5 heteroatoms. The second kappa shape index (κ2) is 9.22. The molecule has 1 aliphatic carbocycles. The molecule has 1 N–H and O–H groups in total. The van der Waals surface area contributed by atoms with E-state index in [4.69, 9.17) is 4.74 Å². The monoisotopic (exact) mass is 437 g/mol.